The van der Waals surface area contributed by atoms with Crippen LogP contribution in [0.5, 0.6) is 5.75 Å². The second kappa shape index (κ2) is 8.40. The Morgan fingerprint density at radius 3 is 2.83 bits per heavy atom. The third kappa shape index (κ3) is 3.91. The average molecular weight is 413 g/mol. The molecule has 4 N–H and O–H groups in total. The second-order valence-electron chi connectivity index (χ2n) is 6.90. The summed E-state index contributed by atoms with van der Waals surface area (Å²) >= 11 is 0. The molecule has 3 rings (SSSR count). The van der Waals surface area contributed by atoms with Crippen molar-refractivity contribution in [2.24, 2.45) is 0 Å². The molecular formula is C21H24FN5O3. The Hall–Kier alpha value is -3.62. The predicted molar refractivity (Wildman–Crippen MR) is 112 cm³/mol. The molecule has 8 nitrogen and oxygen atoms in total. The molecule has 0 aliphatic carbocycles. The lowest BCUT2D eigenvalue weighted by Crippen LogP contribution is -2.34. The van der Waals surface area contributed by atoms with Gasteiger partial charge in [0, 0.05) is 42.7 Å². The first-order valence-electron chi connectivity index (χ1n) is 9.28. The topological polar surface area (TPSA) is 114 Å². The van der Waals surface area contributed by atoms with Crippen LogP contribution in [0.3, 0.4) is 0 Å². The Morgan fingerprint density at radius 1 is 1.43 bits per heavy atom. The van der Waals surface area contributed by atoms with E-state index >= 15 is 0 Å². The molecule has 0 saturated heterocycles. The number of carbonyl (C=O) groups excluding carboxylic acids is 1. The summed E-state index contributed by atoms with van der Waals surface area (Å²) in [6.07, 6.45) is 0.832. The number of amides is 1. The van der Waals surface area contributed by atoms with E-state index in [1.807, 2.05) is 0 Å². The molecule has 1 aromatic heterocycles. The third-order valence-corrected chi connectivity index (χ3v) is 4.93. The van der Waals surface area contributed by atoms with Gasteiger partial charge in [-0.05, 0) is 31.2 Å². The first-order chi connectivity index (χ1) is 14.3. The number of nitrogen functional groups attached to an aromatic ring is 1. The molecule has 0 radical (unpaired) electrons. The summed E-state index contributed by atoms with van der Waals surface area (Å²) in [5.41, 5.74) is 8.22. The van der Waals surface area contributed by atoms with Gasteiger partial charge >= 0.3 is 0 Å². The zero-order chi connectivity index (χ0) is 22.0. The van der Waals surface area contributed by atoms with Gasteiger partial charge in [0.05, 0.1) is 19.2 Å². The van der Waals surface area contributed by atoms with Gasteiger partial charge in [0.2, 0.25) is 5.90 Å². The number of fused-ring (bicyclic) bond motifs is 3. The van der Waals surface area contributed by atoms with E-state index in [4.69, 9.17) is 20.6 Å². The number of pyridine rings is 1. The molecule has 1 amide bonds. The highest BCUT2D eigenvalue weighted by Crippen LogP contribution is 2.32. The van der Waals surface area contributed by atoms with Crippen molar-refractivity contribution in [1.29, 1.82) is 5.41 Å². The maximum absolute atomic E-state index is 14.0. The summed E-state index contributed by atoms with van der Waals surface area (Å²) in [5.74, 6) is -0.498. The fraction of sp³-hybridized carbons (Fsp3) is 0.286. The number of likely N-dealkylation sites (N-methyl/N-ethyl adjacent to an activating group) is 2. The first kappa shape index (κ1) is 21.1. The van der Waals surface area contributed by atoms with Gasteiger partial charge in [-0.25, -0.2) is 9.37 Å². The fourth-order valence-corrected chi connectivity index (χ4v) is 3.35. The smallest absolute Gasteiger partial charge is 0.254 e. The zero-order valence-corrected chi connectivity index (χ0v) is 17.2. The molecule has 0 saturated carbocycles. The SMILES string of the molecule is CN/C1=C(\C(=N)OC)c2cnc(N)c(c2)OC(C)c2cc(F)ccc2C(=O)N(C)C1. The van der Waals surface area contributed by atoms with Crippen molar-refractivity contribution in [2.75, 3.05) is 33.5 Å². The summed E-state index contributed by atoms with van der Waals surface area (Å²) in [6, 6.07) is 5.61. The fourth-order valence-electron chi connectivity index (χ4n) is 3.35. The maximum Gasteiger partial charge on any atom is 0.254 e. The lowest BCUT2D eigenvalue weighted by Gasteiger charge is -2.26. The van der Waals surface area contributed by atoms with Crippen molar-refractivity contribution in [3.63, 3.8) is 0 Å². The number of nitrogens with zero attached hydrogens (tertiary/aromatic N) is 2. The summed E-state index contributed by atoms with van der Waals surface area (Å²) in [6.45, 7) is 1.86. The minimum atomic E-state index is -0.676. The Morgan fingerprint density at radius 2 is 2.17 bits per heavy atom. The van der Waals surface area contributed by atoms with E-state index in [2.05, 4.69) is 10.3 Å². The molecule has 1 aromatic carbocycles. The van der Waals surface area contributed by atoms with Crippen LogP contribution in [0.4, 0.5) is 10.2 Å². The van der Waals surface area contributed by atoms with Crippen molar-refractivity contribution >= 4 is 23.2 Å². The van der Waals surface area contributed by atoms with E-state index in [9.17, 15) is 9.18 Å². The van der Waals surface area contributed by atoms with E-state index in [-0.39, 0.29) is 29.9 Å². The van der Waals surface area contributed by atoms with Crippen LogP contribution in [0.2, 0.25) is 0 Å². The van der Waals surface area contributed by atoms with Gasteiger partial charge < -0.3 is 25.4 Å². The van der Waals surface area contributed by atoms with Crippen LogP contribution in [0.25, 0.3) is 5.57 Å². The summed E-state index contributed by atoms with van der Waals surface area (Å²) < 4.78 is 25.1. The molecule has 30 heavy (non-hydrogen) atoms. The minimum Gasteiger partial charge on any atom is -0.482 e. The number of benzene rings is 1. The summed E-state index contributed by atoms with van der Waals surface area (Å²) in [7, 11) is 4.71. The number of carbonyl (C=O) groups is 1. The summed E-state index contributed by atoms with van der Waals surface area (Å²) in [4.78, 5) is 18.8. The molecule has 0 spiro atoms. The van der Waals surface area contributed by atoms with E-state index in [0.717, 1.165) is 0 Å². The highest BCUT2D eigenvalue weighted by Gasteiger charge is 2.26. The van der Waals surface area contributed by atoms with Crippen molar-refractivity contribution < 1.29 is 18.7 Å². The quantitative estimate of drug-likeness (QED) is 0.515. The Balaban J connectivity index is 2.28. The molecular weight excluding hydrogens is 389 g/mol. The number of halogens is 1. The first-order valence-corrected chi connectivity index (χ1v) is 9.28. The van der Waals surface area contributed by atoms with Gasteiger partial charge in [-0.1, -0.05) is 0 Å². The number of aromatic nitrogens is 1. The molecule has 2 heterocycles. The van der Waals surface area contributed by atoms with Gasteiger partial charge in [0.15, 0.2) is 11.6 Å². The minimum absolute atomic E-state index is 0.106. The largest absolute Gasteiger partial charge is 0.482 e. The Kier molecular flexibility index (Phi) is 5.91. The molecule has 1 aliphatic heterocycles. The molecule has 2 aromatic rings. The normalized spacial score (nSPS) is 19.2. The van der Waals surface area contributed by atoms with Crippen LogP contribution < -0.4 is 15.8 Å². The second-order valence-corrected chi connectivity index (χ2v) is 6.90. The number of rotatable bonds is 2. The van der Waals surface area contributed by atoms with Crippen LogP contribution in [0.15, 0.2) is 36.2 Å². The zero-order valence-electron chi connectivity index (χ0n) is 17.2. The molecule has 0 fully saturated rings. The number of methoxy groups -OCH3 is 1. The van der Waals surface area contributed by atoms with Gasteiger partial charge in [0.1, 0.15) is 11.9 Å². The highest BCUT2D eigenvalue weighted by atomic mass is 19.1. The maximum atomic E-state index is 14.0. The number of anilines is 1. The predicted octanol–water partition coefficient (Wildman–Crippen LogP) is 2.58. The number of hydrogen-bond donors (Lipinski definition) is 3. The lowest BCUT2D eigenvalue weighted by molar-refractivity contribution is 0.0800. The Labute approximate surface area is 174 Å². The number of hydrogen-bond acceptors (Lipinski definition) is 7. The molecule has 158 valence electrons. The van der Waals surface area contributed by atoms with Crippen LogP contribution in [-0.4, -0.2) is 49.4 Å². The molecule has 9 heteroatoms. The van der Waals surface area contributed by atoms with E-state index < -0.39 is 11.9 Å². The Bertz CT molecular complexity index is 1040. The van der Waals surface area contributed by atoms with E-state index in [1.165, 1.54) is 36.4 Å². The van der Waals surface area contributed by atoms with Crippen LogP contribution in [-0.2, 0) is 4.74 Å². The van der Waals surface area contributed by atoms with Crippen LogP contribution in [0.1, 0.15) is 34.5 Å². The van der Waals surface area contributed by atoms with Crippen molar-refractivity contribution in [3.8, 4) is 5.75 Å². The van der Waals surface area contributed by atoms with Gasteiger partial charge in [-0.3, -0.25) is 10.2 Å². The highest BCUT2D eigenvalue weighted by molar-refractivity contribution is 6.19. The van der Waals surface area contributed by atoms with Crippen molar-refractivity contribution in [3.05, 3.63) is 58.7 Å². The summed E-state index contributed by atoms with van der Waals surface area (Å²) in [5, 5.41) is 11.3. The number of ether oxygens (including phenoxy) is 2. The molecule has 1 atom stereocenters. The van der Waals surface area contributed by atoms with Crippen molar-refractivity contribution in [2.45, 2.75) is 13.0 Å². The standard InChI is InChI=1S/C21H24FN5O3/c1-11-15-8-13(22)5-6-14(15)21(28)27(3)10-16(25-2)18(20(24)29-4)12-7-17(30-11)19(23)26-9-12/h5-9,11,24-25H,10H2,1-4H3,(H2,23,26)/b18-16-,24-20?. The lowest BCUT2D eigenvalue weighted by atomic mass is 10.00. The van der Waals surface area contributed by atoms with E-state index in [1.54, 1.807) is 27.1 Å². The van der Waals surface area contributed by atoms with E-state index in [0.29, 0.717) is 28.0 Å². The van der Waals surface area contributed by atoms with Gasteiger partial charge in [-0.2, -0.15) is 0 Å². The molecule has 2 bridgehead atoms. The van der Waals surface area contributed by atoms with Crippen LogP contribution >= 0.6 is 0 Å². The van der Waals surface area contributed by atoms with Gasteiger partial charge in [0.25, 0.3) is 5.91 Å². The van der Waals surface area contributed by atoms with Crippen LogP contribution in [0, 0.1) is 11.2 Å². The van der Waals surface area contributed by atoms with Gasteiger partial charge in [-0.15, -0.1) is 0 Å². The average Bonchev–Trinajstić information content (AvgIpc) is 2.73. The number of nitrogens with one attached hydrogen (secondary N) is 2. The number of nitrogens with two attached hydrogens (primary N) is 1. The monoisotopic (exact) mass is 413 g/mol. The third-order valence-electron chi connectivity index (χ3n) is 4.93. The van der Waals surface area contributed by atoms with Crippen molar-refractivity contribution in [1.82, 2.24) is 15.2 Å². The molecule has 1 unspecified atom stereocenters. The molecule has 1 aliphatic rings.